The van der Waals surface area contributed by atoms with E-state index in [1.54, 1.807) is 18.6 Å². The lowest BCUT2D eigenvalue weighted by Gasteiger charge is -1.88. The van der Waals surface area contributed by atoms with E-state index in [2.05, 4.69) is 26.3 Å². The molecule has 0 bridgehead atoms. The van der Waals surface area contributed by atoms with Crippen molar-refractivity contribution in [2.24, 2.45) is 0 Å². The average Bonchev–Trinajstić information content (AvgIpc) is 2.05. The van der Waals surface area contributed by atoms with Crippen LogP contribution in [0, 0.1) is 6.33 Å². The van der Waals surface area contributed by atoms with Gasteiger partial charge >= 0.3 is 0 Å². The minimum absolute atomic E-state index is 0.581. The number of fused-ring (bicyclic) bond motifs is 1. The van der Waals surface area contributed by atoms with Crippen molar-refractivity contribution in [3.05, 3.63) is 24.9 Å². The van der Waals surface area contributed by atoms with Gasteiger partial charge in [-0.1, -0.05) is 0 Å². The summed E-state index contributed by atoms with van der Waals surface area (Å²) in [6.45, 7) is 0. The molecule has 0 aliphatic rings. The largest absolute Gasteiger partial charge is 0.250 e. The second-order valence-corrected chi connectivity index (χ2v) is 1.74. The van der Waals surface area contributed by atoms with Crippen LogP contribution in [0.2, 0.25) is 0 Å². The Morgan fingerprint density at radius 2 is 2.10 bits per heavy atom. The third kappa shape index (κ3) is 0.699. The molecule has 1 radical (unpaired) electrons. The second-order valence-electron chi connectivity index (χ2n) is 1.74. The fraction of sp³-hybridized carbons (Fsp3) is 0. The van der Waals surface area contributed by atoms with Crippen molar-refractivity contribution in [1.82, 2.24) is 19.9 Å². The third-order valence-electron chi connectivity index (χ3n) is 1.11. The molecule has 2 aromatic rings. The lowest BCUT2D eigenvalue weighted by atomic mass is 10.5. The number of rotatable bonds is 0. The van der Waals surface area contributed by atoms with E-state index < -0.39 is 0 Å². The molecule has 47 valence electrons. The van der Waals surface area contributed by atoms with E-state index in [0.29, 0.717) is 11.2 Å². The molecule has 10 heavy (non-hydrogen) atoms. The van der Waals surface area contributed by atoms with Crippen molar-refractivity contribution in [1.29, 1.82) is 0 Å². The first kappa shape index (κ1) is 5.22. The SMILES string of the molecule is [c]1ncc2nccnc2n1. The predicted molar refractivity (Wildman–Crippen MR) is 34.0 cm³/mol. The first-order valence-corrected chi connectivity index (χ1v) is 2.76. The van der Waals surface area contributed by atoms with Gasteiger partial charge in [0.1, 0.15) is 5.52 Å². The maximum atomic E-state index is 3.97. The van der Waals surface area contributed by atoms with Crippen LogP contribution < -0.4 is 0 Å². The number of nitrogens with zero attached hydrogens (tertiary/aromatic N) is 4. The molecular weight excluding hydrogens is 128 g/mol. The zero-order valence-electron chi connectivity index (χ0n) is 5.02. The molecule has 0 atom stereocenters. The predicted octanol–water partition coefficient (Wildman–Crippen LogP) is 0.220. The molecule has 0 N–H and O–H groups in total. The van der Waals surface area contributed by atoms with Gasteiger partial charge in [-0.05, 0) is 0 Å². The van der Waals surface area contributed by atoms with Gasteiger partial charge in [-0.3, -0.25) is 0 Å². The van der Waals surface area contributed by atoms with Gasteiger partial charge in [-0.2, -0.15) is 0 Å². The summed E-state index contributed by atoms with van der Waals surface area (Å²) in [6, 6.07) is 0. The van der Waals surface area contributed by atoms with Crippen molar-refractivity contribution in [2.75, 3.05) is 0 Å². The smallest absolute Gasteiger partial charge is 0.199 e. The standard InChI is InChI=1S/C6H3N4/c1-2-9-6-5(8-1)3-7-4-10-6/h1-3H. The Morgan fingerprint density at radius 3 is 3.00 bits per heavy atom. The summed E-state index contributed by atoms with van der Waals surface area (Å²) in [5.74, 6) is 0. The fourth-order valence-corrected chi connectivity index (χ4v) is 0.685. The summed E-state index contributed by atoms with van der Waals surface area (Å²) in [7, 11) is 0. The van der Waals surface area contributed by atoms with Crippen LogP contribution in [0.1, 0.15) is 0 Å². The molecule has 0 aliphatic heterocycles. The highest BCUT2D eigenvalue weighted by Crippen LogP contribution is 1.97. The normalized spacial score (nSPS) is 10.0. The lowest BCUT2D eigenvalue weighted by molar-refractivity contribution is 1.13. The van der Waals surface area contributed by atoms with Gasteiger partial charge < -0.3 is 0 Å². The van der Waals surface area contributed by atoms with Gasteiger partial charge in [0.15, 0.2) is 12.0 Å². The highest BCUT2D eigenvalue weighted by Gasteiger charge is 1.91. The van der Waals surface area contributed by atoms with E-state index in [9.17, 15) is 0 Å². The van der Waals surface area contributed by atoms with Crippen LogP contribution in [0.5, 0.6) is 0 Å². The Bertz CT molecular complexity index is 281. The van der Waals surface area contributed by atoms with E-state index in [1.165, 1.54) is 0 Å². The van der Waals surface area contributed by atoms with Crippen LogP contribution in [0.15, 0.2) is 18.6 Å². The third-order valence-corrected chi connectivity index (χ3v) is 1.11. The minimum atomic E-state index is 0.581. The molecule has 4 heteroatoms. The molecule has 0 saturated heterocycles. The molecule has 0 unspecified atom stereocenters. The Labute approximate surface area is 57.0 Å². The summed E-state index contributed by atoms with van der Waals surface area (Å²) in [6.07, 6.45) is 7.20. The molecule has 2 aromatic heterocycles. The van der Waals surface area contributed by atoms with Crippen LogP contribution in [-0.2, 0) is 0 Å². The van der Waals surface area contributed by atoms with Crippen molar-refractivity contribution < 1.29 is 0 Å². The Hall–Kier alpha value is -1.58. The van der Waals surface area contributed by atoms with Gasteiger partial charge in [0.2, 0.25) is 0 Å². The van der Waals surface area contributed by atoms with Crippen molar-refractivity contribution in [3.63, 3.8) is 0 Å². The fourth-order valence-electron chi connectivity index (χ4n) is 0.685. The Morgan fingerprint density at radius 1 is 1.20 bits per heavy atom. The summed E-state index contributed by atoms with van der Waals surface area (Å²) in [5.41, 5.74) is 1.28. The molecular formula is C6H3N4. The maximum absolute atomic E-state index is 3.97. The van der Waals surface area contributed by atoms with Gasteiger partial charge in [0.25, 0.3) is 0 Å². The number of hydrogen-bond acceptors (Lipinski definition) is 4. The topological polar surface area (TPSA) is 51.6 Å². The molecule has 0 spiro atoms. The number of hydrogen-bond donors (Lipinski definition) is 0. The average molecular weight is 131 g/mol. The summed E-state index contributed by atoms with van der Waals surface area (Å²) in [5, 5.41) is 0. The Balaban J connectivity index is 2.89. The quantitative estimate of drug-likeness (QED) is 0.513. The molecule has 0 aliphatic carbocycles. The number of aromatic nitrogens is 4. The molecule has 0 amide bonds. The molecule has 2 heterocycles. The van der Waals surface area contributed by atoms with Gasteiger partial charge in [0.05, 0.1) is 6.20 Å². The van der Waals surface area contributed by atoms with Crippen molar-refractivity contribution >= 4 is 11.2 Å². The second kappa shape index (κ2) is 1.98. The van der Waals surface area contributed by atoms with E-state index in [-0.39, 0.29) is 0 Å². The van der Waals surface area contributed by atoms with Crippen LogP contribution >= 0.6 is 0 Å². The molecule has 0 aromatic carbocycles. The zero-order valence-corrected chi connectivity index (χ0v) is 5.02. The summed E-state index contributed by atoms with van der Waals surface area (Å²) < 4.78 is 0. The molecule has 2 rings (SSSR count). The molecule has 0 saturated carbocycles. The van der Waals surface area contributed by atoms with Gasteiger partial charge in [0, 0.05) is 12.4 Å². The van der Waals surface area contributed by atoms with Crippen LogP contribution in [0.3, 0.4) is 0 Å². The van der Waals surface area contributed by atoms with Gasteiger partial charge in [-0.25, -0.2) is 19.9 Å². The highest BCUT2D eigenvalue weighted by molar-refractivity contribution is 5.66. The van der Waals surface area contributed by atoms with E-state index in [4.69, 9.17) is 0 Å². The first-order chi connectivity index (χ1) is 4.97. The van der Waals surface area contributed by atoms with E-state index in [0.717, 1.165) is 0 Å². The van der Waals surface area contributed by atoms with E-state index in [1.807, 2.05) is 0 Å². The van der Waals surface area contributed by atoms with Gasteiger partial charge in [-0.15, -0.1) is 0 Å². The van der Waals surface area contributed by atoms with E-state index >= 15 is 0 Å². The zero-order chi connectivity index (χ0) is 6.81. The van der Waals surface area contributed by atoms with Crippen molar-refractivity contribution in [2.45, 2.75) is 0 Å². The van der Waals surface area contributed by atoms with Crippen LogP contribution in [0.25, 0.3) is 11.2 Å². The first-order valence-electron chi connectivity index (χ1n) is 2.76. The molecule has 0 fully saturated rings. The maximum Gasteiger partial charge on any atom is 0.199 e. The summed E-state index contributed by atoms with van der Waals surface area (Å²) in [4.78, 5) is 15.4. The lowest BCUT2D eigenvalue weighted by Crippen LogP contribution is -1.86. The van der Waals surface area contributed by atoms with Crippen molar-refractivity contribution in [3.8, 4) is 0 Å². The van der Waals surface area contributed by atoms with Crippen LogP contribution in [-0.4, -0.2) is 19.9 Å². The highest BCUT2D eigenvalue weighted by atomic mass is 14.9. The summed E-state index contributed by atoms with van der Waals surface area (Å²) >= 11 is 0. The van der Waals surface area contributed by atoms with Crippen LogP contribution in [0.4, 0.5) is 0 Å². The monoisotopic (exact) mass is 131 g/mol. The molecule has 4 nitrogen and oxygen atoms in total. The minimum Gasteiger partial charge on any atom is -0.250 e. The Kier molecular flexibility index (Phi) is 1.04.